The van der Waals surface area contributed by atoms with Crippen LogP contribution in [0.2, 0.25) is 0 Å². The Labute approximate surface area is 178 Å². The molecule has 2 aromatic carbocycles. The van der Waals surface area contributed by atoms with E-state index in [1.165, 1.54) is 71.2 Å². The van der Waals surface area contributed by atoms with E-state index in [1.807, 2.05) is 0 Å². The van der Waals surface area contributed by atoms with Crippen LogP contribution in [0.3, 0.4) is 0 Å². The molecule has 0 bridgehead atoms. The quantitative estimate of drug-likeness (QED) is 0.212. The van der Waals surface area contributed by atoms with Gasteiger partial charge in [-0.2, -0.15) is 5.75 Å². The zero-order valence-electron chi connectivity index (χ0n) is 16.4. The molecule has 2 heteroatoms. The van der Waals surface area contributed by atoms with Crippen molar-refractivity contribution in [1.29, 1.82) is 0 Å². The SMILES string of the molecule is CCCCCCCCCCCC[S-].c1cc[c]([Sb+][c]2ccccc2)cc1. The van der Waals surface area contributed by atoms with Gasteiger partial charge in [0.2, 0.25) is 0 Å². The summed E-state index contributed by atoms with van der Waals surface area (Å²) in [6.07, 6.45) is 14.0. The van der Waals surface area contributed by atoms with Gasteiger partial charge < -0.3 is 12.6 Å². The van der Waals surface area contributed by atoms with Crippen molar-refractivity contribution in [2.75, 3.05) is 5.75 Å². The molecule has 0 aliphatic carbocycles. The summed E-state index contributed by atoms with van der Waals surface area (Å²) in [6, 6.07) is 21.5. The molecule has 0 amide bonds. The van der Waals surface area contributed by atoms with Gasteiger partial charge in [-0.25, -0.2) is 0 Å². The van der Waals surface area contributed by atoms with Crippen molar-refractivity contribution in [3.63, 3.8) is 0 Å². The summed E-state index contributed by atoms with van der Waals surface area (Å²) < 4.78 is 3.04. The van der Waals surface area contributed by atoms with Crippen LogP contribution in [-0.4, -0.2) is 27.4 Å². The fraction of sp³-hybridized carbons (Fsp3) is 0.500. The topological polar surface area (TPSA) is 0 Å². The molecule has 0 nitrogen and oxygen atoms in total. The summed E-state index contributed by atoms with van der Waals surface area (Å²) in [6.45, 7) is 2.27. The van der Waals surface area contributed by atoms with Gasteiger partial charge in [-0.15, -0.1) is 0 Å². The first-order valence-electron chi connectivity index (χ1n) is 10.3. The van der Waals surface area contributed by atoms with E-state index in [1.54, 1.807) is 0 Å². The average molecular weight is 477 g/mol. The first kappa shape index (κ1) is 23.6. The van der Waals surface area contributed by atoms with Crippen LogP contribution in [0, 0.1) is 0 Å². The molecule has 0 aromatic heterocycles. The third kappa shape index (κ3) is 13.8. The Morgan fingerprint density at radius 2 is 0.962 bits per heavy atom. The van der Waals surface area contributed by atoms with Gasteiger partial charge in [0, 0.05) is 0 Å². The summed E-state index contributed by atoms with van der Waals surface area (Å²) in [7, 11) is 0. The van der Waals surface area contributed by atoms with E-state index >= 15 is 0 Å². The van der Waals surface area contributed by atoms with Crippen LogP contribution in [0.25, 0.3) is 0 Å². The van der Waals surface area contributed by atoms with Crippen molar-refractivity contribution in [3.05, 3.63) is 60.7 Å². The molecule has 2 rings (SSSR count). The van der Waals surface area contributed by atoms with E-state index in [9.17, 15) is 0 Å². The average Bonchev–Trinajstić information content (AvgIpc) is 2.69. The third-order valence-corrected chi connectivity index (χ3v) is 7.73. The van der Waals surface area contributed by atoms with Crippen molar-refractivity contribution in [1.82, 2.24) is 0 Å². The van der Waals surface area contributed by atoms with Crippen LogP contribution in [0.1, 0.15) is 71.1 Å². The normalized spacial score (nSPS) is 10.2. The molecule has 142 valence electrons. The predicted molar refractivity (Wildman–Crippen MR) is 122 cm³/mol. The Morgan fingerprint density at radius 3 is 1.35 bits per heavy atom. The second-order valence-electron chi connectivity index (χ2n) is 6.67. The van der Waals surface area contributed by atoms with Gasteiger partial charge in [0.25, 0.3) is 0 Å². The molecule has 0 atom stereocenters. The second kappa shape index (κ2) is 18.0. The molecule has 0 aliphatic heterocycles. The van der Waals surface area contributed by atoms with Crippen molar-refractivity contribution >= 4 is 41.3 Å². The minimum atomic E-state index is -0.335. The molecule has 0 spiro atoms. The number of hydrogen-bond donors (Lipinski definition) is 0. The maximum atomic E-state index is 4.90. The van der Waals surface area contributed by atoms with Crippen molar-refractivity contribution < 1.29 is 0 Å². The number of hydrogen-bond acceptors (Lipinski definition) is 1. The van der Waals surface area contributed by atoms with Gasteiger partial charge in [-0.05, 0) is 0 Å². The number of rotatable bonds is 12. The van der Waals surface area contributed by atoms with E-state index in [4.69, 9.17) is 12.6 Å². The Morgan fingerprint density at radius 1 is 0.577 bits per heavy atom. The number of benzene rings is 2. The summed E-state index contributed by atoms with van der Waals surface area (Å²) in [4.78, 5) is 0. The third-order valence-electron chi connectivity index (χ3n) is 4.27. The van der Waals surface area contributed by atoms with Gasteiger partial charge in [-0.3, -0.25) is 0 Å². The van der Waals surface area contributed by atoms with Gasteiger partial charge in [0.05, 0.1) is 0 Å². The van der Waals surface area contributed by atoms with Gasteiger partial charge in [0.15, 0.2) is 0 Å². The monoisotopic (exact) mass is 476 g/mol. The molecule has 0 N–H and O–H groups in total. The molecule has 0 saturated carbocycles. The molecular formula is C24H35SSb. The predicted octanol–water partition coefficient (Wildman–Crippen LogP) is 5.80. The van der Waals surface area contributed by atoms with Gasteiger partial charge in [-0.1, -0.05) is 71.1 Å². The summed E-state index contributed by atoms with van der Waals surface area (Å²) in [5.41, 5.74) is 0. The van der Waals surface area contributed by atoms with E-state index in [0.717, 1.165) is 5.75 Å². The molecule has 2 aromatic rings. The van der Waals surface area contributed by atoms with Crippen molar-refractivity contribution in [2.45, 2.75) is 71.1 Å². The Hall–Kier alpha value is -0.392. The summed E-state index contributed by atoms with van der Waals surface area (Å²) >= 11 is 4.57. The zero-order valence-corrected chi connectivity index (χ0v) is 19.8. The summed E-state index contributed by atoms with van der Waals surface area (Å²) in [5.74, 6) is 0.955. The van der Waals surface area contributed by atoms with E-state index in [-0.39, 0.29) is 21.6 Å². The molecule has 0 aliphatic rings. The van der Waals surface area contributed by atoms with Crippen LogP contribution in [-0.2, 0) is 12.6 Å². The van der Waals surface area contributed by atoms with Gasteiger partial charge in [0.1, 0.15) is 0 Å². The molecule has 0 unspecified atom stereocenters. The maximum absolute atomic E-state index is 4.90. The molecule has 26 heavy (non-hydrogen) atoms. The van der Waals surface area contributed by atoms with Crippen molar-refractivity contribution in [3.8, 4) is 0 Å². The van der Waals surface area contributed by atoms with Crippen LogP contribution >= 0.6 is 0 Å². The van der Waals surface area contributed by atoms with E-state index in [2.05, 4.69) is 67.6 Å². The molecule has 0 heterocycles. The first-order chi connectivity index (χ1) is 12.9. The van der Waals surface area contributed by atoms with Crippen LogP contribution in [0.4, 0.5) is 0 Å². The Kier molecular flexibility index (Phi) is 16.4. The van der Waals surface area contributed by atoms with Crippen molar-refractivity contribution in [2.24, 2.45) is 0 Å². The first-order valence-corrected chi connectivity index (χ1v) is 13.4. The number of unbranched alkanes of at least 4 members (excludes halogenated alkanes) is 9. The summed E-state index contributed by atoms with van der Waals surface area (Å²) in [5, 5.41) is 0. The Balaban J connectivity index is 0.000000260. The van der Waals surface area contributed by atoms with Crippen LogP contribution in [0.15, 0.2) is 60.7 Å². The minimum absolute atomic E-state index is 0.335. The Bertz CT molecular complexity index is 465. The van der Waals surface area contributed by atoms with E-state index in [0.29, 0.717) is 0 Å². The molecular weight excluding hydrogens is 442 g/mol. The molecule has 0 fully saturated rings. The van der Waals surface area contributed by atoms with Crippen LogP contribution in [0.5, 0.6) is 0 Å². The standard InChI is InChI=1S/C12H26S.2C6H5.Sb/c1-2-3-4-5-6-7-8-9-10-11-12-13;2*1-2-4-6-5-3-1;/h13H,2-12H2,1H3;2*1-5H;/q;;;+1/p-1. The molecule has 0 saturated heterocycles. The fourth-order valence-electron chi connectivity index (χ4n) is 2.74. The van der Waals surface area contributed by atoms with Gasteiger partial charge >= 0.3 is 89.3 Å². The second-order valence-corrected chi connectivity index (χ2v) is 10.7. The van der Waals surface area contributed by atoms with E-state index < -0.39 is 0 Å². The zero-order chi connectivity index (χ0) is 18.7. The fourth-order valence-corrected chi connectivity index (χ4v) is 5.63. The molecule has 2 radical (unpaired) electrons. The van der Waals surface area contributed by atoms with Crippen LogP contribution < -0.4 is 7.02 Å².